The number of aliphatic hydroxyl groups excluding tert-OH is 2. The molecule has 3 heteroatoms. The van der Waals surface area contributed by atoms with Crippen molar-refractivity contribution in [1.29, 1.82) is 0 Å². The molecular formula is C14H15NO2. The molecule has 0 aliphatic rings. The lowest BCUT2D eigenvalue weighted by Gasteiger charge is -2.08. The normalized spacial score (nSPS) is 10.5. The van der Waals surface area contributed by atoms with Crippen molar-refractivity contribution in [2.24, 2.45) is 0 Å². The standard InChI is InChI=1S/C14H15NO2/c15-14-7-11(9-17)3-6-13(14)12-4-1-10(8-16)2-5-12/h1-7,16-17H,8-9,15H2. The van der Waals surface area contributed by atoms with Crippen LogP contribution in [-0.4, -0.2) is 10.2 Å². The van der Waals surface area contributed by atoms with Crippen molar-refractivity contribution in [3.8, 4) is 11.1 Å². The van der Waals surface area contributed by atoms with Gasteiger partial charge >= 0.3 is 0 Å². The Morgan fingerprint density at radius 3 is 1.94 bits per heavy atom. The van der Waals surface area contributed by atoms with Crippen molar-refractivity contribution in [3.63, 3.8) is 0 Å². The highest BCUT2D eigenvalue weighted by Crippen LogP contribution is 2.27. The Morgan fingerprint density at radius 2 is 1.41 bits per heavy atom. The molecule has 3 nitrogen and oxygen atoms in total. The number of rotatable bonds is 3. The molecule has 2 rings (SSSR count). The van der Waals surface area contributed by atoms with Crippen molar-refractivity contribution in [2.75, 3.05) is 5.73 Å². The fourth-order valence-electron chi connectivity index (χ4n) is 1.76. The van der Waals surface area contributed by atoms with Gasteiger partial charge in [-0.2, -0.15) is 0 Å². The van der Waals surface area contributed by atoms with Gasteiger partial charge in [-0.15, -0.1) is 0 Å². The minimum atomic E-state index is -0.00602. The van der Waals surface area contributed by atoms with Gasteiger partial charge < -0.3 is 15.9 Å². The molecule has 0 spiro atoms. The van der Waals surface area contributed by atoms with Crippen LogP contribution >= 0.6 is 0 Å². The predicted octanol–water partition coefficient (Wildman–Crippen LogP) is 1.92. The summed E-state index contributed by atoms with van der Waals surface area (Å²) < 4.78 is 0. The first-order valence-electron chi connectivity index (χ1n) is 5.44. The molecule has 0 fully saturated rings. The molecule has 2 aromatic carbocycles. The smallest absolute Gasteiger partial charge is 0.0682 e. The van der Waals surface area contributed by atoms with E-state index in [1.165, 1.54) is 0 Å². The minimum Gasteiger partial charge on any atom is -0.398 e. The third kappa shape index (κ3) is 2.46. The number of hydrogen-bond donors (Lipinski definition) is 3. The van der Waals surface area contributed by atoms with Crippen LogP contribution in [0.25, 0.3) is 11.1 Å². The summed E-state index contributed by atoms with van der Waals surface area (Å²) in [5.41, 5.74) is 10.2. The maximum atomic E-state index is 9.01. The summed E-state index contributed by atoms with van der Waals surface area (Å²) in [7, 11) is 0. The Labute approximate surface area is 100 Å². The number of anilines is 1. The molecule has 2 aromatic rings. The van der Waals surface area contributed by atoms with E-state index in [2.05, 4.69) is 0 Å². The highest BCUT2D eigenvalue weighted by atomic mass is 16.3. The summed E-state index contributed by atoms with van der Waals surface area (Å²) in [5, 5.41) is 18.0. The SMILES string of the molecule is Nc1cc(CO)ccc1-c1ccc(CO)cc1. The van der Waals surface area contributed by atoms with Crippen molar-refractivity contribution in [1.82, 2.24) is 0 Å². The van der Waals surface area contributed by atoms with E-state index >= 15 is 0 Å². The highest BCUT2D eigenvalue weighted by Gasteiger charge is 2.03. The van der Waals surface area contributed by atoms with E-state index < -0.39 is 0 Å². The molecule has 0 heterocycles. The van der Waals surface area contributed by atoms with E-state index in [0.29, 0.717) is 5.69 Å². The number of aliphatic hydroxyl groups is 2. The van der Waals surface area contributed by atoms with Gasteiger partial charge in [0.1, 0.15) is 0 Å². The summed E-state index contributed by atoms with van der Waals surface area (Å²) in [5.74, 6) is 0. The van der Waals surface area contributed by atoms with E-state index in [4.69, 9.17) is 15.9 Å². The Morgan fingerprint density at radius 1 is 0.824 bits per heavy atom. The lowest BCUT2D eigenvalue weighted by molar-refractivity contribution is 0.281. The number of nitrogens with two attached hydrogens (primary N) is 1. The molecule has 0 saturated carbocycles. The number of hydrogen-bond acceptors (Lipinski definition) is 3. The van der Waals surface area contributed by atoms with Crippen LogP contribution in [0, 0.1) is 0 Å². The van der Waals surface area contributed by atoms with Gasteiger partial charge in [0, 0.05) is 11.3 Å². The van der Waals surface area contributed by atoms with E-state index in [0.717, 1.165) is 22.3 Å². The summed E-state index contributed by atoms with van der Waals surface area (Å²) in [6.07, 6.45) is 0. The Balaban J connectivity index is 2.38. The Hall–Kier alpha value is -1.84. The van der Waals surface area contributed by atoms with Gasteiger partial charge in [0.25, 0.3) is 0 Å². The van der Waals surface area contributed by atoms with Gasteiger partial charge in [-0.1, -0.05) is 36.4 Å². The zero-order valence-electron chi connectivity index (χ0n) is 9.43. The quantitative estimate of drug-likeness (QED) is 0.704. The van der Waals surface area contributed by atoms with Crippen LogP contribution in [-0.2, 0) is 13.2 Å². The molecule has 0 unspecified atom stereocenters. The second kappa shape index (κ2) is 4.99. The molecule has 0 aliphatic heterocycles. The summed E-state index contributed by atoms with van der Waals surface area (Å²) in [4.78, 5) is 0. The molecular weight excluding hydrogens is 214 g/mol. The summed E-state index contributed by atoms with van der Waals surface area (Å²) >= 11 is 0. The first-order valence-corrected chi connectivity index (χ1v) is 5.44. The maximum absolute atomic E-state index is 9.01. The van der Waals surface area contributed by atoms with Gasteiger partial charge in [0.05, 0.1) is 13.2 Å². The monoisotopic (exact) mass is 229 g/mol. The lowest BCUT2D eigenvalue weighted by Crippen LogP contribution is -1.93. The van der Waals surface area contributed by atoms with E-state index in [1.54, 1.807) is 6.07 Å². The average molecular weight is 229 g/mol. The molecule has 0 radical (unpaired) electrons. The van der Waals surface area contributed by atoms with Crippen LogP contribution in [0.15, 0.2) is 42.5 Å². The molecule has 4 N–H and O–H groups in total. The number of benzene rings is 2. The van der Waals surface area contributed by atoms with E-state index in [1.807, 2.05) is 36.4 Å². The zero-order valence-corrected chi connectivity index (χ0v) is 9.43. The average Bonchev–Trinajstić information content (AvgIpc) is 2.39. The molecule has 0 amide bonds. The van der Waals surface area contributed by atoms with Crippen LogP contribution in [0.3, 0.4) is 0 Å². The third-order valence-corrected chi connectivity index (χ3v) is 2.75. The summed E-state index contributed by atoms with van der Waals surface area (Å²) in [6.45, 7) is 0.0349. The molecule has 0 bridgehead atoms. The van der Waals surface area contributed by atoms with Gasteiger partial charge in [0.2, 0.25) is 0 Å². The topological polar surface area (TPSA) is 66.5 Å². The van der Waals surface area contributed by atoms with Crippen LogP contribution in [0.2, 0.25) is 0 Å². The summed E-state index contributed by atoms with van der Waals surface area (Å²) in [6, 6.07) is 13.1. The highest BCUT2D eigenvalue weighted by molar-refractivity contribution is 5.76. The Kier molecular flexibility index (Phi) is 3.42. The van der Waals surface area contributed by atoms with Crippen LogP contribution in [0.4, 0.5) is 5.69 Å². The van der Waals surface area contributed by atoms with Crippen molar-refractivity contribution >= 4 is 5.69 Å². The van der Waals surface area contributed by atoms with Crippen molar-refractivity contribution < 1.29 is 10.2 Å². The van der Waals surface area contributed by atoms with Crippen molar-refractivity contribution in [3.05, 3.63) is 53.6 Å². The fraction of sp³-hybridized carbons (Fsp3) is 0.143. The van der Waals surface area contributed by atoms with Crippen molar-refractivity contribution in [2.45, 2.75) is 13.2 Å². The first-order chi connectivity index (χ1) is 8.24. The predicted molar refractivity (Wildman–Crippen MR) is 68.1 cm³/mol. The second-order valence-corrected chi connectivity index (χ2v) is 3.93. The van der Waals surface area contributed by atoms with Gasteiger partial charge in [0.15, 0.2) is 0 Å². The molecule has 0 atom stereocenters. The number of nitrogen functional groups attached to an aromatic ring is 1. The Bertz CT molecular complexity index is 506. The molecule has 0 saturated heterocycles. The van der Waals surface area contributed by atoms with Crippen LogP contribution in [0.1, 0.15) is 11.1 Å². The van der Waals surface area contributed by atoms with Crippen LogP contribution < -0.4 is 5.73 Å². The first kappa shape index (κ1) is 11.6. The maximum Gasteiger partial charge on any atom is 0.0682 e. The molecule has 0 aromatic heterocycles. The second-order valence-electron chi connectivity index (χ2n) is 3.93. The van der Waals surface area contributed by atoms with E-state index in [9.17, 15) is 0 Å². The van der Waals surface area contributed by atoms with Crippen LogP contribution in [0.5, 0.6) is 0 Å². The van der Waals surface area contributed by atoms with Gasteiger partial charge in [-0.3, -0.25) is 0 Å². The third-order valence-electron chi connectivity index (χ3n) is 2.75. The molecule has 88 valence electrons. The zero-order chi connectivity index (χ0) is 12.3. The minimum absolute atomic E-state index is 0.00602. The van der Waals surface area contributed by atoms with Gasteiger partial charge in [-0.05, 0) is 22.8 Å². The fourth-order valence-corrected chi connectivity index (χ4v) is 1.76. The van der Waals surface area contributed by atoms with E-state index in [-0.39, 0.29) is 13.2 Å². The largest absolute Gasteiger partial charge is 0.398 e. The van der Waals surface area contributed by atoms with Gasteiger partial charge in [-0.25, -0.2) is 0 Å². The molecule has 0 aliphatic carbocycles. The molecule has 17 heavy (non-hydrogen) atoms. The lowest BCUT2D eigenvalue weighted by atomic mass is 10.0.